The van der Waals surface area contributed by atoms with Gasteiger partial charge in [0.25, 0.3) is 0 Å². The van der Waals surface area contributed by atoms with Crippen molar-refractivity contribution < 1.29 is 0 Å². The highest BCUT2D eigenvalue weighted by molar-refractivity contribution is 9.10. The zero-order valence-corrected chi connectivity index (χ0v) is 14.7. The summed E-state index contributed by atoms with van der Waals surface area (Å²) in [5, 5.41) is 0. The molecule has 0 N–H and O–H groups in total. The number of rotatable bonds is 4. The second-order valence-electron chi connectivity index (χ2n) is 5.48. The van der Waals surface area contributed by atoms with Crippen LogP contribution in [0.15, 0.2) is 22.7 Å². The summed E-state index contributed by atoms with van der Waals surface area (Å²) in [6.45, 7) is 1.02. The van der Waals surface area contributed by atoms with E-state index >= 15 is 0 Å². The first-order valence-corrected chi connectivity index (χ1v) is 9.48. The van der Waals surface area contributed by atoms with E-state index in [1.807, 2.05) is 17.8 Å². The summed E-state index contributed by atoms with van der Waals surface area (Å²) in [4.78, 5) is 4.68. The minimum Gasteiger partial charge on any atom is -0.326 e. The van der Waals surface area contributed by atoms with Crippen LogP contribution < -0.4 is 0 Å². The highest BCUT2D eigenvalue weighted by Crippen LogP contribution is 2.42. The number of benzene rings is 1. The summed E-state index contributed by atoms with van der Waals surface area (Å²) in [5.74, 6) is 1.46. The number of imidazole rings is 1. The number of halogens is 2. The molecule has 5 heteroatoms. The maximum absolute atomic E-state index is 6.12. The number of aromatic nitrogens is 2. The van der Waals surface area contributed by atoms with Crippen LogP contribution in [0.1, 0.15) is 31.5 Å². The molecule has 108 valence electrons. The summed E-state index contributed by atoms with van der Waals surface area (Å²) < 4.78 is 3.78. The first-order chi connectivity index (χ1) is 9.67. The average molecular weight is 374 g/mol. The van der Waals surface area contributed by atoms with Crippen LogP contribution >= 0.6 is 39.3 Å². The van der Waals surface area contributed by atoms with E-state index in [0.717, 1.165) is 22.4 Å². The third-order valence-corrected chi connectivity index (χ3v) is 6.44. The fourth-order valence-corrected chi connectivity index (χ4v) is 4.67. The molecule has 2 aromatic rings. The molecule has 0 saturated heterocycles. The Morgan fingerprint density at radius 2 is 2.15 bits per heavy atom. The van der Waals surface area contributed by atoms with E-state index in [9.17, 15) is 0 Å². The van der Waals surface area contributed by atoms with Crippen molar-refractivity contribution in [2.75, 3.05) is 6.26 Å². The Balaban J connectivity index is 2.06. The molecule has 3 rings (SSSR count). The van der Waals surface area contributed by atoms with Crippen LogP contribution in [0.4, 0.5) is 0 Å². The van der Waals surface area contributed by atoms with Crippen molar-refractivity contribution in [3.8, 4) is 0 Å². The molecule has 0 unspecified atom stereocenters. The van der Waals surface area contributed by atoms with Gasteiger partial charge in [-0.3, -0.25) is 0 Å². The molecule has 1 aliphatic carbocycles. The molecule has 0 spiro atoms. The topological polar surface area (TPSA) is 17.8 Å². The molecular formula is C15H18BrClN2S. The average Bonchev–Trinajstić information content (AvgIpc) is 3.05. The van der Waals surface area contributed by atoms with Gasteiger partial charge in [-0.2, -0.15) is 11.8 Å². The second kappa shape index (κ2) is 5.90. The Kier molecular flexibility index (Phi) is 4.34. The number of nitrogens with zero attached hydrogens (tertiary/aromatic N) is 2. The minimum atomic E-state index is 0.358. The van der Waals surface area contributed by atoms with Crippen molar-refractivity contribution in [2.24, 2.45) is 0 Å². The van der Waals surface area contributed by atoms with Crippen molar-refractivity contribution in [1.82, 2.24) is 9.55 Å². The molecule has 1 aromatic heterocycles. The first kappa shape index (κ1) is 14.7. The Bertz CT molecular complexity index is 620. The van der Waals surface area contributed by atoms with Gasteiger partial charge >= 0.3 is 0 Å². The molecule has 20 heavy (non-hydrogen) atoms. The standard InChI is InChI=1S/C15H18BrClN2S/c1-20-15(6-2-3-7-15)10-19-13-8-11(16)4-5-12(13)18-14(19)9-17/h4-5,8H,2-3,6-7,9-10H2,1H3. The summed E-state index contributed by atoms with van der Waals surface area (Å²) in [6, 6.07) is 6.26. The third-order valence-electron chi connectivity index (χ3n) is 4.30. The predicted molar refractivity (Wildman–Crippen MR) is 91.7 cm³/mol. The van der Waals surface area contributed by atoms with Gasteiger partial charge in [-0.15, -0.1) is 11.6 Å². The van der Waals surface area contributed by atoms with E-state index in [0.29, 0.717) is 10.6 Å². The van der Waals surface area contributed by atoms with Gasteiger partial charge < -0.3 is 4.57 Å². The number of thioether (sulfide) groups is 1. The van der Waals surface area contributed by atoms with E-state index in [1.165, 1.54) is 31.2 Å². The van der Waals surface area contributed by atoms with Crippen molar-refractivity contribution >= 4 is 50.3 Å². The highest BCUT2D eigenvalue weighted by Gasteiger charge is 2.34. The van der Waals surface area contributed by atoms with Crippen LogP contribution in [0.2, 0.25) is 0 Å². The summed E-state index contributed by atoms with van der Waals surface area (Å²) in [7, 11) is 0. The molecule has 0 radical (unpaired) electrons. The van der Waals surface area contributed by atoms with Crippen LogP contribution in [-0.2, 0) is 12.4 Å². The maximum atomic E-state index is 6.12. The van der Waals surface area contributed by atoms with Gasteiger partial charge in [0.1, 0.15) is 5.82 Å². The first-order valence-electron chi connectivity index (χ1n) is 6.93. The summed E-state index contributed by atoms with van der Waals surface area (Å²) in [6.07, 6.45) is 7.51. The summed E-state index contributed by atoms with van der Waals surface area (Å²) in [5.41, 5.74) is 2.23. The van der Waals surface area contributed by atoms with Gasteiger partial charge in [0.05, 0.1) is 16.9 Å². The van der Waals surface area contributed by atoms with Gasteiger partial charge in [-0.05, 0) is 37.3 Å². The normalized spacial score (nSPS) is 17.9. The quantitative estimate of drug-likeness (QED) is 0.684. The van der Waals surface area contributed by atoms with Crippen molar-refractivity contribution in [3.05, 3.63) is 28.5 Å². The third kappa shape index (κ3) is 2.62. The fourth-order valence-electron chi connectivity index (χ4n) is 3.16. The number of fused-ring (bicyclic) bond motifs is 1. The maximum Gasteiger partial charge on any atom is 0.124 e. The molecule has 1 heterocycles. The van der Waals surface area contributed by atoms with Gasteiger partial charge in [0.2, 0.25) is 0 Å². The van der Waals surface area contributed by atoms with Crippen LogP contribution in [0, 0.1) is 0 Å². The summed E-state index contributed by atoms with van der Waals surface area (Å²) >= 11 is 11.7. The lowest BCUT2D eigenvalue weighted by Crippen LogP contribution is -2.27. The lowest BCUT2D eigenvalue weighted by molar-refractivity contribution is 0.505. The van der Waals surface area contributed by atoms with E-state index < -0.39 is 0 Å². The molecule has 0 amide bonds. The van der Waals surface area contributed by atoms with E-state index in [4.69, 9.17) is 11.6 Å². The monoisotopic (exact) mass is 372 g/mol. The van der Waals surface area contributed by atoms with Crippen molar-refractivity contribution in [1.29, 1.82) is 0 Å². The van der Waals surface area contributed by atoms with Crippen LogP contribution in [-0.4, -0.2) is 20.6 Å². The molecule has 1 fully saturated rings. The Morgan fingerprint density at radius 3 is 2.80 bits per heavy atom. The highest BCUT2D eigenvalue weighted by atomic mass is 79.9. The van der Waals surface area contributed by atoms with E-state index in [1.54, 1.807) is 0 Å². The van der Waals surface area contributed by atoms with Crippen LogP contribution in [0.3, 0.4) is 0 Å². The molecule has 1 saturated carbocycles. The van der Waals surface area contributed by atoms with Gasteiger partial charge in [0, 0.05) is 15.8 Å². The van der Waals surface area contributed by atoms with Crippen LogP contribution in [0.5, 0.6) is 0 Å². The molecule has 0 bridgehead atoms. The second-order valence-corrected chi connectivity index (χ2v) is 7.93. The van der Waals surface area contributed by atoms with Crippen molar-refractivity contribution in [2.45, 2.75) is 42.9 Å². The fraction of sp³-hybridized carbons (Fsp3) is 0.533. The molecule has 0 atom stereocenters. The number of hydrogen-bond donors (Lipinski definition) is 0. The molecule has 2 nitrogen and oxygen atoms in total. The van der Waals surface area contributed by atoms with Gasteiger partial charge in [-0.25, -0.2) is 4.98 Å². The van der Waals surface area contributed by atoms with Crippen LogP contribution in [0.25, 0.3) is 11.0 Å². The largest absolute Gasteiger partial charge is 0.326 e. The number of hydrogen-bond acceptors (Lipinski definition) is 2. The number of alkyl halides is 1. The molecule has 0 aliphatic heterocycles. The molecule has 1 aromatic carbocycles. The van der Waals surface area contributed by atoms with Crippen molar-refractivity contribution in [3.63, 3.8) is 0 Å². The van der Waals surface area contributed by atoms with Gasteiger partial charge in [0.15, 0.2) is 0 Å². The lowest BCUT2D eigenvalue weighted by Gasteiger charge is -2.28. The Labute approximate surface area is 137 Å². The zero-order valence-electron chi connectivity index (χ0n) is 11.5. The Hall–Kier alpha value is -0.190. The van der Waals surface area contributed by atoms with E-state index in [2.05, 4.69) is 43.9 Å². The predicted octanol–water partition coefficient (Wildman–Crippen LogP) is 5.21. The Morgan fingerprint density at radius 1 is 1.40 bits per heavy atom. The molecular weight excluding hydrogens is 356 g/mol. The lowest BCUT2D eigenvalue weighted by atomic mass is 10.1. The zero-order chi connectivity index (χ0) is 14.2. The minimum absolute atomic E-state index is 0.358. The molecule has 1 aliphatic rings. The smallest absolute Gasteiger partial charge is 0.124 e. The van der Waals surface area contributed by atoms with Gasteiger partial charge in [-0.1, -0.05) is 28.8 Å². The van der Waals surface area contributed by atoms with E-state index in [-0.39, 0.29) is 0 Å². The SMILES string of the molecule is CSC1(Cn2c(CCl)nc3ccc(Br)cc32)CCCC1.